The van der Waals surface area contributed by atoms with Gasteiger partial charge in [-0.2, -0.15) is 4.98 Å². The second-order valence-corrected chi connectivity index (χ2v) is 9.82. The van der Waals surface area contributed by atoms with Crippen LogP contribution >= 0.6 is 11.6 Å². The summed E-state index contributed by atoms with van der Waals surface area (Å²) in [7, 11) is 0. The number of hydrogen-bond donors (Lipinski definition) is 2. The van der Waals surface area contributed by atoms with Gasteiger partial charge >= 0.3 is 0 Å². The number of halogens is 1. The van der Waals surface area contributed by atoms with Crippen LogP contribution in [0.1, 0.15) is 52.7 Å². The van der Waals surface area contributed by atoms with Gasteiger partial charge in [-0.25, -0.2) is 4.98 Å². The van der Waals surface area contributed by atoms with E-state index in [4.69, 9.17) is 16.3 Å². The Morgan fingerprint density at radius 2 is 1.86 bits per heavy atom. The molecule has 35 heavy (non-hydrogen) atoms. The standard InChI is InChI=1S/C27H29ClN4O3/c28-23-14-20(6-7-21(23)17-33)18-35-25-22(24(34)29-15-19-4-2-1-3-5-19)16-30-26(31-25)32-12-10-27(8-9-27)11-13-32/h1-7,14,16,33H,8-13,15,17-18H2,(H,29,34). The lowest BCUT2D eigenvalue weighted by molar-refractivity contribution is 0.0945. The summed E-state index contributed by atoms with van der Waals surface area (Å²) in [5.41, 5.74) is 3.31. The number of rotatable bonds is 8. The van der Waals surface area contributed by atoms with Crippen molar-refractivity contribution in [3.8, 4) is 5.88 Å². The van der Waals surface area contributed by atoms with Crippen LogP contribution in [0.25, 0.3) is 0 Å². The molecule has 1 aromatic heterocycles. The highest BCUT2D eigenvalue weighted by molar-refractivity contribution is 6.31. The van der Waals surface area contributed by atoms with Crippen molar-refractivity contribution in [3.63, 3.8) is 0 Å². The average molecular weight is 493 g/mol. The first kappa shape index (κ1) is 23.6. The normalized spacial score (nSPS) is 16.2. The summed E-state index contributed by atoms with van der Waals surface area (Å²) in [6.07, 6.45) is 6.52. The molecular weight excluding hydrogens is 464 g/mol. The zero-order chi connectivity index (χ0) is 24.3. The predicted octanol–water partition coefficient (Wildman–Crippen LogP) is 4.51. The van der Waals surface area contributed by atoms with E-state index in [-0.39, 0.29) is 25.0 Å². The minimum atomic E-state index is -0.292. The van der Waals surface area contributed by atoms with E-state index in [1.165, 1.54) is 12.8 Å². The minimum Gasteiger partial charge on any atom is -0.472 e. The number of aliphatic hydroxyl groups is 1. The number of carbonyl (C=O) groups is 1. The molecule has 0 radical (unpaired) electrons. The summed E-state index contributed by atoms with van der Waals surface area (Å²) in [5, 5.41) is 12.8. The largest absolute Gasteiger partial charge is 0.472 e. The summed E-state index contributed by atoms with van der Waals surface area (Å²) in [6, 6.07) is 15.1. The Kier molecular flexibility index (Phi) is 6.88. The first-order valence-corrected chi connectivity index (χ1v) is 12.4. The molecule has 1 spiro atoms. The third kappa shape index (κ3) is 5.57. The minimum absolute atomic E-state index is 0.127. The lowest BCUT2D eigenvalue weighted by Crippen LogP contribution is -2.35. The molecule has 0 bridgehead atoms. The maximum absolute atomic E-state index is 13.0. The molecule has 7 nitrogen and oxygen atoms in total. The summed E-state index contributed by atoms with van der Waals surface area (Å²) in [6.45, 7) is 2.28. The number of ether oxygens (including phenoxy) is 1. The molecular formula is C27H29ClN4O3. The quantitative estimate of drug-likeness (QED) is 0.481. The molecule has 8 heteroatoms. The summed E-state index contributed by atoms with van der Waals surface area (Å²) < 4.78 is 6.05. The summed E-state index contributed by atoms with van der Waals surface area (Å²) in [4.78, 5) is 24.4. The Balaban J connectivity index is 1.34. The molecule has 3 aromatic rings. The van der Waals surface area contributed by atoms with E-state index >= 15 is 0 Å². The van der Waals surface area contributed by atoms with Gasteiger partial charge < -0.3 is 20.1 Å². The molecule has 2 aromatic carbocycles. The summed E-state index contributed by atoms with van der Waals surface area (Å²) >= 11 is 6.24. The molecule has 0 atom stereocenters. The molecule has 1 saturated heterocycles. The Bertz CT molecular complexity index is 1190. The van der Waals surface area contributed by atoms with Gasteiger partial charge in [0, 0.05) is 30.9 Å². The highest BCUT2D eigenvalue weighted by Crippen LogP contribution is 2.53. The SMILES string of the molecule is O=C(NCc1ccccc1)c1cnc(N2CCC3(CC2)CC3)nc1OCc1ccc(CO)c(Cl)c1. The van der Waals surface area contributed by atoms with Crippen molar-refractivity contribution in [2.75, 3.05) is 18.0 Å². The smallest absolute Gasteiger partial charge is 0.258 e. The van der Waals surface area contributed by atoms with Crippen LogP contribution in [-0.4, -0.2) is 34.1 Å². The van der Waals surface area contributed by atoms with E-state index in [1.54, 1.807) is 18.3 Å². The van der Waals surface area contributed by atoms with Gasteiger partial charge in [-0.05, 0) is 53.9 Å². The molecule has 5 rings (SSSR count). The van der Waals surface area contributed by atoms with E-state index in [0.29, 0.717) is 34.1 Å². The Hall–Kier alpha value is -3.16. The first-order valence-electron chi connectivity index (χ1n) is 12.0. The number of carbonyl (C=O) groups excluding carboxylic acids is 1. The number of aromatic nitrogens is 2. The van der Waals surface area contributed by atoms with Gasteiger partial charge in [-0.15, -0.1) is 0 Å². The van der Waals surface area contributed by atoms with Gasteiger partial charge in [-0.3, -0.25) is 4.79 Å². The maximum atomic E-state index is 13.0. The Morgan fingerprint density at radius 3 is 2.54 bits per heavy atom. The first-order chi connectivity index (χ1) is 17.0. The van der Waals surface area contributed by atoms with Crippen LogP contribution in [-0.2, 0) is 19.8 Å². The van der Waals surface area contributed by atoms with Crippen LogP contribution in [0.2, 0.25) is 5.02 Å². The number of nitrogens with one attached hydrogen (secondary N) is 1. The van der Waals surface area contributed by atoms with Gasteiger partial charge in [0.05, 0.1) is 6.61 Å². The average Bonchev–Trinajstić information content (AvgIpc) is 3.65. The molecule has 1 amide bonds. The number of nitrogens with zero attached hydrogens (tertiary/aromatic N) is 3. The number of hydrogen-bond acceptors (Lipinski definition) is 6. The molecule has 2 fully saturated rings. The van der Waals surface area contributed by atoms with Crippen LogP contribution in [0.5, 0.6) is 5.88 Å². The van der Waals surface area contributed by atoms with Gasteiger partial charge in [0.15, 0.2) is 0 Å². The van der Waals surface area contributed by atoms with Crippen LogP contribution in [0, 0.1) is 5.41 Å². The maximum Gasteiger partial charge on any atom is 0.258 e. The van der Waals surface area contributed by atoms with Gasteiger partial charge in [0.1, 0.15) is 12.2 Å². The molecule has 182 valence electrons. The Morgan fingerprint density at radius 1 is 1.09 bits per heavy atom. The molecule has 1 aliphatic heterocycles. The fraction of sp³-hybridized carbons (Fsp3) is 0.370. The molecule has 1 aliphatic carbocycles. The van der Waals surface area contributed by atoms with E-state index in [2.05, 4.69) is 20.2 Å². The van der Waals surface area contributed by atoms with Crippen molar-refractivity contribution >= 4 is 23.5 Å². The zero-order valence-corrected chi connectivity index (χ0v) is 20.3. The lowest BCUT2D eigenvalue weighted by Gasteiger charge is -2.32. The molecule has 0 unspecified atom stereocenters. The van der Waals surface area contributed by atoms with E-state index in [0.717, 1.165) is 37.1 Å². The number of benzene rings is 2. The fourth-order valence-corrected chi connectivity index (χ4v) is 4.73. The van der Waals surface area contributed by atoms with Crippen LogP contribution in [0.3, 0.4) is 0 Å². The van der Waals surface area contributed by atoms with Crippen LogP contribution < -0.4 is 15.0 Å². The van der Waals surface area contributed by atoms with E-state index < -0.39 is 0 Å². The summed E-state index contributed by atoms with van der Waals surface area (Å²) in [5.74, 6) is 0.540. The topological polar surface area (TPSA) is 87.6 Å². The number of aliphatic hydroxyl groups excluding tert-OH is 1. The second kappa shape index (κ2) is 10.2. The van der Waals surface area contributed by atoms with Gasteiger partial charge in [0.25, 0.3) is 5.91 Å². The van der Waals surface area contributed by atoms with Crippen molar-refractivity contribution in [3.05, 3.63) is 82.0 Å². The highest BCUT2D eigenvalue weighted by Gasteiger charge is 2.44. The third-order valence-electron chi connectivity index (χ3n) is 7.01. The third-order valence-corrected chi connectivity index (χ3v) is 7.36. The van der Waals surface area contributed by atoms with E-state index in [9.17, 15) is 9.90 Å². The van der Waals surface area contributed by atoms with Crippen molar-refractivity contribution in [1.82, 2.24) is 15.3 Å². The van der Waals surface area contributed by atoms with Crippen molar-refractivity contribution in [1.29, 1.82) is 0 Å². The van der Waals surface area contributed by atoms with Crippen LogP contribution in [0.15, 0.2) is 54.7 Å². The second-order valence-electron chi connectivity index (χ2n) is 9.42. The predicted molar refractivity (Wildman–Crippen MR) is 134 cm³/mol. The number of anilines is 1. The fourth-order valence-electron chi connectivity index (χ4n) is 4.47. The van der Waals surface area contributed by atoms with Crippen molar-refractivity contribution in [2.24, 2.45) is 5.41 Å². The van der Waals surface area contributed by atoms with Crippen molar-refractivity contribution < 1.29 is 14.6 Å². The zero-order valence-electron chi connectivity index (χ0n) is 19.5. The van der Waals surface area contributed by atoms with Gasteiger partial charge in [0.2, 0.25) is 11.8 Å². The molecule has 2 heterocycles. The van der Waals surface area contributed by atoms with Crippen LogP contribution in [0.4, 0.5) is 5.95 Å². The van der Waals surface area contributed by atoms with Gasteiger partial charge in [-0.1, -0.05) is 54.1 Å². The number of amides is 1. The highest BCUT2D eigenvalue weighted by atomic mass is 35.5. The Labute approximate surface area is 210 Å². The lowest BCUT2D eigenvalue weighted by atomic mass is 9.94. The molecule has 2 aliphatic rings. The number of piperidine rings is 1. The monoisotopic (exact) mass is 492 g/mol. The van der Waals surface area contributed by atoms with E-state index in [1.807, 2.05) is 36.4 Å². The molecule has 2 N–H and O–H groups in total. The molecule has 1 saturated carbocycles. The van der Waals surface area contributed by atoms with Crippen molar-refractivity contribution in [2.45, 2.75) is 45.4 Å².